The maximum absolute atomic E-state index is 12.7. The highest BCUT2D eigenvalue weighted by molar-refractivity contribution is 6.34. The Labute approximate surface area is 199 Å². The Bertz CT molecular complexity index is 1080. The molecule has 0 spiro atoms. The molecule has 2 N–H and O–H groups in total. The van der Waals surface area contributed by atoms with Crippen LogP contribution in [0, 0.1) is 5.92 Å². The number of nitrogens with zero attached hydrogens (tertiary/aromatic N) is 4. The lowest BCUT2D eigenvalue weighted by Gasteiger charge is -2.34. The molecule has 1 aromatic carbocycles. The third kappa shape index (κ3) is 5.31. The van der Waals surface area contributed by atoms with Crippen LogP contribution < -0.4 is 10.2 Å². The minimum Gasteiger partial charge on any atom is -0.371 e. The number of benzene rings is 1. The van der Waals surface area contributed by atoms with Crippen LogP contribution in [0.5, 0.6) is 0 Å². The molecule has 1 amide bonds. The summed E-state index contributed by atoms with van der Waals surface area (Å²) >= 11 is 6.29. The number of H-pyrrole nitrogens is 1. The number of carbonyl (C=O) groups excluding carboxylic acids is 1. The maximum atomic E-state index is 12.7. The standard InChI is InChI=1S/C25H31ClN6O/c26-21-4-1-5-22-24(21)30-25(29-22)19-3-2-12-31(16-19)17-23(33)28-15-18-8-13-32(14-9-18)20-6-10-27-11-7-20/h1,4-7,10-11,18-19H,2-3,8-9,12-17H2,(H,28,33)(H,29,30). The SMILES string of the molecule is O=C(CN1CCCC(c2nc3c(Cl)cccc3[nH]2)C1)NCC1CCN(c2ccncc2)CC1. The van der Waals surface area contributed by atoms with Crippen molar-refractivity contribution in [2.75, 3.05) is 44.2 Å². The number of piperidine rings is 2. The topological polar surface area (TPSA) is 77.2 Å². The summed E-state index contributed by atoms with van der Waals surface area (Å²) in [5.74, 6) is 1.94. The van der Waals surface area contributed by atoms with E-state index in [1.54, 1.807) is 0 Å². The third-order valence-electron chi connectivity index (χ3n) is 6.97. The van der Waals surface area contributed by atoms with E-state index >= 15 is 0 Å². The van der Waals surface area contributed by atoms with Crippen molar-refractivity contribution < 1.29 is 4.79 Å². The van der Waals surface area contributed by atoms with Crippen LogP contribution >= 0.6 is 11.6 Å². The van der Waals surface area contributed by atoms with Crippen LogP contribution in [0.1, 0.15) is 37.4 Å². The van der Waals surface area contributed by atoms with E-state index in [1.165, 1.54) is 5.69 Å². The summed E-state index contributed by atoms with van der Waals surface area (Å²) in [6, 6.07) is 9.94. The first-order valence-corrected chi connectivity index (χ1v) is 12.3. The van der Waals surface area contributed by atoms with Crippen molar-refractivity contribution in [2.45, 2.75) is 31.6 Å². The number of para-hydroxylation sites is 1. The van der Waals surface area contributed by atoms with Gasteiger partial charge in [-0.3, -0.25) is 14.7 Å². The molecule has 174 valence electrons. The van der Waals surface area contributed by atoms with Crippen molar-refractivity contribution in [3.63, 3.8) is 0 Å². The number of pyridine rings is 1. The number of fused-ring (bicyclic) bond motifs is 1. The summed E-state index contributed by atoms with van der Waals surface area (Å²) in [5.41, 5.74) is 3.04. The van der Waals surface area contributed by atoms with Crippen LogP contribution in [0.2, 0.25) is 5.02 Å². The van der Waals surface area contributed by atoms with Gasteiger partial charge in [0, 0.05) is 50.2 Å². The smallest absolute Gasteiger partial charge is 0.234 e. The monoisotopic (exact) mass is 466 g/mol. The van der Waals surface area contributed by atoms with Crippen LogP contribution in [0.15, 0.2) is 42.7 Å². The van der Waals surface area contributed by atoms with Gasteiger partial charge in [-0.05, 0) is 62.4 Å². The number of carbonyl (C=O) groups is 1. The molecule has 0 radical (unpaired) electrons. The van der Waals surface area contributed by atoms with E-state index < -0.39 is 0 Å². The van der Waals surface area contributed by atoms with Gasteiger partial charge >= 0.3 is 0 Å². The second-order valence-electron chi connectivity index (χ2n) is 9.27. The van der Waals surface area contributed by atoms with Crippen molar-refractivity contribution in [1.29, 1.82) is 0 Å². The number of amides is 1. The van der Waals surface area contributed by atoms with E-state index in [9.17, 15) is 4.79 Å². The molecular formula is C25H31ClN6O. The van der Waals surface area contributed by atoms with Crippen molar-refractivity contribution in [3.05, 3.63) is 53.6 Å². The van der Waals surface area contributed by atoms with Crippen molar-refractivity contribution in [2.24, 2.45) is 5.92 Å². The average Bonchev–Trinajstić information content (AvgIpc) is 3.30. The molecule has 5 rings (SSSR count). The second-order valence-corrected chi connectivity index (χ2v) is 9.68. The van der Waals surface area contributed by atoms with E-state index in [0.29, 0.717) is 23.4 Å². The number of halogens is 1. The highest BCUT2D eigenvalue weighted by atomic mass is 35.5. The normalized spacial score (nSPS) is 20.3. The van der Waals surface area contributed by atoms with Gasteiger partial charge in [-0.1, -0.05) is 17.7 Å². The van der Waals surface area contributed by atoms with E-state index in [2.05, 4.69) is 37.2 Å². The molecule has 2 fully saturated rings. The summed E-state index contributed by atoms with van der Waals surface area (Å²) in [6.45, 7) is 5.07. The van der Waals surface area contributed by atoms with Gasteiger partial charge < -0.3 is 15.2 Å². The quantitative estimate of drug-likeness (QED) is 0.577. The van der Waals surface area contributed by atoms with Crippen molar-refractivity contribution >= 4 is 34.2 Å². The fraction of sp³-hybridized carbons (Fsp3) is 0.480. The summed E-state index contributed by atoms with van der Waals surface area (Å²) < 4.78 is 0. The van der Waals surface area contributed by atoms with Gasteiger partial charge in [0.2, 0.25) is 5.91 Å². The summed E-state index contributed by atoms with van der Waals surface area (Å²) in [5, 5.41) is 3.86. The van der Waals surface area contributed by atoms with E-state index in [0.717, 1.165) is 75.3 Å². The summed E-state index contributed by atoms with van der Waals surface area (Å²) in [6.07, 6.45) is 8.03. The predicted molar refractivity (Wildman–Crippen MR) is 132 cm³/mol. The Morgan fingerprint density at radius 1 is 1.12 bits per heavy atom. The molecule has 1 atom stereocenters. The Morgan fingerprint density at radius 2 is 1.94 bits per heavy atom. The Hall–Kier alpha value is -2.64. The number of rotatable bonds is 6. The number of likely N-dealkylation sites (tertiary alicyclic amines) is 1. The van der Waals surface area contributed by atoms with Gasteiger partial charge in [-0.15, -0.1) is 0 Å². The molecule has 8 heteroatoms. The number of aromatic amines is 1. The predicted octanol–water partition coefficient (Wildman–Crippen LogP) is 3.82. The first-order valence-electron chi connectivity index (χ1n) is 11.9. The molecular weight excluding hydrogens is 436 g/mol. The fourth-order valence-electron chi connectivity index (χ4n) is 5.10. The Morgan fingerprint density at radius 3 is 2.73 bits per heavy atom. The molecule has 2 aromatic heterocycles. The number of nitrogens with one attached hydrogen (secondary N) is 2. The minimum absolute atomic E-state index is 0.125. The fourth-order valence-corrected chi connectivity index (χ4v) is 5.32. The van der Waals surface area contributed by atoms with Gasteiger partial charge in [-0.2, -0.15) is 0 Å². The van der Waals surface area contributed by atoms with Gasteiger partial charge in [0.15, 0.2) is 0 Å². The molecule has 0 saturated carbocycles. The Kier molecular flexibility index (Phi) is 6.78. The zero-order valence-electron chi connectivity index (χ0n) is 18.8. The summed E-state index contributed by atoms with van der Waals surface area (Å²) in [4.78, 5) is 29.6. The van der Waals surface area contributed by atoms with Crippen molar-refractivity contribution in [3.8, 4) is 0 Å². The molecule has 2 saturated heterocycles. The van der Waals surface area contributed by atoms with E-state index in [-0.39, 0.29) is 5.91 Å². The Balaban J connectivity index is 1.08. The van der Waals surface area contributed by atoms with Crippen LogP contribution in [0.4, 0.5) is 5.69 Å². The van der Waals surface area contributed by atoms with Crippen LogP contribution in [0.3, 0.4) is 0 Å². The molecule has 2 aliphatic heterocycles. The van der Waals surface area contributed by atoms with Gasteiger partial charge in [0.05, 0.1) is 17.1 Å². The first-order chi connectivity index (χ1) is 16.2. The van der Waals surface area contributed by atoms with Crippen LogP contribution in [0.25, 0.3) is 11.0 Å². The highest BCUT2D eigenvalue weighted by Gasteiger charge is 2.26. The second kappa shape index (κ2) is 10.1. The lowest BCUT2D eigenvalue weighted by Crippen LogP contribution is -2.44. The van der Waals surface area contributed by atoms with Gasteiger partial charge in [0.25, 0.3) is 0 Å². The average molecular weight is 467 g/mol. The van der Waals surface area contributed by atoms with Crippen LogP contribution in [-0.2, 0) is 4.79 Å². The van der Waals surface area contributed by atoms with E-state index in [1.807, 2.05) is 30.6 Å². The molecule has 3 aromatic rings. The molecule has 2 aliphatic rings. The van der Waals surface area contributed by atoms with Gasteiger partial charge in [0.1, 0.15) is 11.3 Å². The number of imidazole rings is 1. The summed E-state index contributed by atoms with van der Waals surface area (Å²) in [7, 11) is 0. The molecule has 33 heavy (non-hydrogen) atoms. The van der Waals surface area contributed by atoms with Crippen LogP contribution in [-0.4, -0.2) is 65.0 Å². The lowest BCUT2D eigenvalue weighted by atomic mass is 9.96. The third-order valence-corrected chi connectivity index (χ3v) is 7.28. The zero-order valence-corrected chi connectivity index (χ0v) is 19.6. The molecule has 7 nitrogen and oxygen atoms in total. The zero-order chi connectivity index (χ0) is 22.6. The molecule has 1 unspecified atom stereocenters. The lowest BCUT2D eigenvalue weighted by molar-refractivity contribution is -0.122. The highest BCUT2D eigenvalue weighted by Crippen LogP contribution is 2.29. The number of anilines is 1. The first kappa shape index (κ1) is 22.2. The largest absolute Gasteiger partial charge is 0.371 e. The minimum atomic E-state index is 0.125. The molecule has 0 aliphatic carbocycles. The van der Waals surface area contributed by atoms with Crippen molar-refractivity contribution in [1.82, 2.24) is 25.2 Å². The maximum Gasteiger partial charge on any atom is 0.234 e. The number of hydrogen-bond acceptors (Lipinski definition) is 5. The van der Waals surface area contributed by atoms with E-state index in [4.69, 9.17) is 16.6 Å². The van der Waals surface area contributed by atoms with Gasteiger partial charge in [-0.25, -0.2) is 4.98 Å². The number of hydrogen-bond donors (Lipinski definition) is 2. The number of aromatic nitrogens is 3. The molecule has 0 bridgehead atoms. The molecule has 4 heterocycles.